The van der Waals surface area contributed by atoms with Crippen LogP contribution in [0, 0.1) is 6.92 Å². The quantitative estimate of drug-likeness (QED) is 0.174. The summed E-state index contributed by atoms with van der Waals surface area (Å²) in [5, 5.41) is 2.30. The van der Waals surface area contributed by atoms with Crippen LogP contribution in [0.2, 0.25) is 0 Å². The van der Waals surface area contributed by atoms with Gasteiger partial charge >= 0.3 is 0 Å². The minimum atomic E-state index is -0.144. The summed E-state index contributed by atoms with van der Waals surface area (Å²) < 4.78 is 2.22. The lowest BCUT2D eigenvalue weighted by molar-refractivity contribution is 0.660. The number of para-hydroxylation sites is 2. The Bertz CT molecular complexity index is 2820. The summed E-state index contributed by atoms with van der Waals surface area (Å²) >= 11 is 0. The van der Waals surface area contributed by atoms with Gasteiger partial charge in [0.15, 0.2) is 11.6 Å². The van der Waals surface area contributed by atoms with Gasteiger partial charge in [-0.2, -0.15) is 9.97 Å². The number of fused-ring (bicyclic) bond motifs is 6. The average molecular weight is 698 g/mol. The fourth-order valence-electron chi connectivity index (χ4n) is 8.47. The first-order valence-electron chi connectivity index (χ1n) is 18.8. The summed E-state index contributed by atoms with van der Waals surface area (Å²) in [7, 11) is 0. The van der Waals surface area contributed by atoms with Crippen LogP contribution in [0.25, 0.3) is 61.7 Å². The summed E-state index contributed by atoms with van der Waals surface area (Å²) in [4.78, 5) is 18.1. The van der Waals surface area contributed by atoms with Crippen LogP contribution >= 0.6 is 0 Å². The van der Waals surface area contributed by atoms with Gasteiger partial charge < -0.3 is 4.90 Å². The van der Waals surface area contributed by atoms with Crippen LogP contribution in [0.3, 0.4) is 0 Å². The number of allylic oxidation sites excluding steroid dienone is 3. The largest absolute Gasteiger partial charge is 0.310 e. The molecule has 2 aromatic heterocycles. The molecular weight excluding hydrogens is 659 g/mol. The van der Waals surface area contributed by atoms with Crippen molar-refractivity contribution >= 4 is 33.2 Å². The van der Waals surface area contributed by atoms with Crippen molar-refractivity contribution in [2.24, 2.45) is 0 Å². The second-order valence-electron chi connectivity index (χ2n) is 14.9. The molecule has 5 nitrogen and oxygen atoms in total. The number of benzene rings is 6. The van der Waals surface area contributed by atoms with E-state index in [9.17, 15) is 0 Å². The van der Waals surface area contributed by atoms with Crippen molar-refractivity contribution in [3.63, 3.8) is 0 Å². The third-order valence-electron chi connectivity index (χ3n) is 11.2. The molecule has 0 atom stereocenters. The van der Waals surface area contributed by atoms with Gasteiger partial charge in [-0.05, 0) is 84.0 Å². The number of rotatable bonds is 6. The van der Waals surface area contributed by atoms with E-state index in [0.29, 0.717) is 17.6 Å². The summed E-state index contributed by atoms with van der Waals surface area (Å²) in [6, 6.07) is 49.7. The molecule has 0 saturated carbocycles. The highest BCUT2D eigenvalue weighted by molar-refractivity contribution is 6.10. The molecule has 0 unspecified atom stereocenters. The van der Waals surface area contributed by atoms with Crippen LogP contribution in [-0.4, -0.2) is 19.5 Å². The molecule has 5 heteroatoms. The molecule has 2 aliphatic carbocycles. The van der Waals surface area contributed by atoms with Crippen LogP contribution in [-0.2, 0) is 5.41 Å². The van der Waals surface area contributed by atoms with E-state index in [0.717, 1.165) is 57.1 Å². The molecule has 0 saturated heterocycles. The molecule has 0 fully saturated rings. The molecular formula is C49H39N5. The van der Waals surface area contributed by atoms with Gasteiger partial charge in [-0.25, -0.2) is 4.98 Å². The molecule has 260 valence electrons. The molecule has 0 spiro atoms. The molecule has 0 aliphatic heterocycles. The van der Waals surface area contributed by atoms with E-state index < -0.39 is 0 Å². The third kappa shape index (κ3) is 5.11. The number of aromatic nitrogens is 4. The van der Waals surface area contributed by atoms with E-state index in [1.54, 1.807) is 0 Å². The van der Waals surface area contributed by atoms with Gasteiger partial charge in [0.2, 0.25) is 5.95 Å². The standard InChI is InChI=1S/C49H39N5/c1-32-16-10-14-24-43(32)53(35-19-8-5-9-20-35)36-27-29-40-39-22-12-15-25-44(39)54(45(40)31-36)48-51-46(33-17-6-4-7-18-33)50-47(52-48)34-26-28-38-37-21-11-13-23-41(37)49(2,3)42(38)30-34/h4,6-8,10-31H,5,9H2,1-3H3. The van der Waals surface area contributed by atoms with E-state index in [-0.39, 0.29) is 5.41 Å². The average Bonchev–Trinajstić information content (AvgIpc) is 3.67. The Morgan fingerprint density at radius 3 is 2.15 bits per heavy atom. The monoisotopic (exact) mass is 697 g/mol. The molecule has 2 aliphatic rings. The zero-order valence-corrected chi connectivity index (χ0v) is 30.7. The Morgan fingerprint density at radius 2 is 1.31 bits per heavy atom. The van der Waals surface area contributed by atoms with Crippen LogP contribution in [0.4, 0.5) is 11.4 Å². The molecule has 0 N–H and O–H groups in total. The van der Waals surface area contributed by atoms with E-state index >= 15 is 0 Å². The van der Waals surface area contributed by atoms with E-state index in [4.69, 9.17) is 15.0 Å². The topological polar surface area (TPSA) is 46.8 Å². The van der Waals surface area contributed by atoms with Crippen molar-refractivity contribution in [3.8, 4) is 39.9 Å². The summed E-state index contributed by atoms with van der Waals surface area (Å²) in [6.07, 6.45) is 8.92. The second kappa shape index (κ2) is 12.5. The lowest BCUT2D eigenvalue weighted by Crippen LogP contribution is -2.17. The summed E-state index contributed by atoms with van der Waals surface area (Å²) in [5.74, 6) is 1.87. The van der Waals surface area contributed by atoms with Crippen LogP contribution in [0.15, 0.2) is 163 Å². The molecule has 0 bridgehead atoms. The highest BCUT2D eigenvalue weighted by atomic mass is 15.2. The highest BCUT2D eigenvalue weighted by Gasteiger charge is 2.35. The maximum Gasteiger partial charge on any atom is 0.238 e. The van der Waals surface area contributed by atoms with E-state index in [1.807, 2.05) is 18.2 Å². The van der Waals surface area contributed by atoms with E-state index in [1.165, 1.54) is 33.5 Å². The number of aryl methyl sites for hydroxylation is 1. The number of nitrogens with zero attached hydrogens (tertiary/aromatic N) is 5. The Morgan fingerprint density at radius 1 is 0.593 bits per heavy atom. The van der Waals surface area contributed by atoms with Crippen molar-refractivity contribution in [1.82, 2.24) is 19.5 Å². The summed E-state index contributed by atoms with van der Waals surface area (Å²) in [6.45, 7) is 6.80. The van der Waals surface area contributed by atoms with E-state index in [2.05, 4.69) is 170 Å². The Hall–Kier alpha value is -6.59. The minimum Gasteiger partial charge on any atom is -0.310 e. The van der Waals surface area contributed by atoms with Crippen LogP contribution < -0.4 is 4.90 Å². The zero-order valence-electron chi connectivity index (χ0n) is 30.7. The van der Waals surface area contributed by atoms with Gasteiger partial charge in [0.1, 0.15) is 0 Å². The number of hydrogen-bond donors (Lipinski definition) is 0. The smallest absolute Gasteiger partial charge is 0.238 e. The van der Waals surface area contributed by atoms with Crippen molar-refractivity contribution < 1.29 is 0 Å². The van der Waals surface area contributed by atoms with Crippen LogP contribution in [0.1, 0.15) is 43.4 Å². The number of anilines is 2. The maximum absolute atomic E-state index is 5.34. The molecule has 0 amide bonds. The maximum atomic E-state index is 5.34. The minimum absolute atomic E-state index is 0.144. The van der Waals surface area contributed by atoms with Gasteiger partial charge in [-0.15, -0.1) is 0 Å². The normalized spacial score (nSPS) is 14.2. The lowest BCUT2D eigenvalue weighted by Gasteiger charge is -2.29. The third-order valence-corrected chi connectivity index (χ3v) is 11.2. The SMILES string of the molecule is Cc1ccccc1N(C1=CCCC=C1)c1ccc2c3ccccc3n(-c3nc(-c4ccccc4)nc(-c4ccc5c(c4)C(C)(C)c4ccccc4-5)n3)c2c1. The van der Waals surface area contributed by atoms with Crippen molar-refractivity contribution in [1.29, 1.82) is 0 Å². The van der Waals surface area contributed by atoms with Gasteiger partial charge in [-0.1, -0.05) is 135 Å². The van der Waals surface area contributed by atoms with Crippen molar-refractivity contribution in [3.05, 3.63) is 180 Å². The predicted molar refractivity (Wildman–Crippen MR) is 222 cm³/mol. The van der Waals surface area contributed by atoms with Gasteiger partial charge in [0.05, 0.1) is 11.0 Å². The first-order chi connectivity index (χ1) is 26.5. The zero-order chi connectivity index (χ0) is 36.4. The first-order valence-corrected chi connectivity index (χ1v) is 18.8. The Labute approximate surface area is 315 Å². The highest BCUT2D eigenvalue weighted by Crippen LogP contribution is 2.49. The fourth-order valence-corrected chi connectivity index (χ4v) is 8.47. The molecule has 54 heavy (non-hydrogen) atoms. The first kappa shape index (κ1) is 32.1. The fraction of sp³-hybridized carbons (Fsp3) is 0.122. The number of hydrogen-bond acceptors (Lipinski definition) is 4. The van der Waals surface area contributed by atoms with Crippen molar-refractivity contribution in [2.45, 2.75) is 39.0 Å². The molecule has 2 heterocycles. The van der Waals surface area contributed by atoms with Crippen molar-refractivity contribution in [2.75, 3.05) is 4.90 Å². The van der Waals surface area contributed by atoms with Gasteiger partial charge in [0, 0.05) is 44.4 Å². The second-order valence-corrected chi connectivity index (χ2v) is 14.9. The molecule has 10 rings (SSSR count). The lowest BCUT2D eigenvalue weighted by atomic mass is 9.82. The molecule has 6 aromatic carbocycles. The van der Waals surface area contributed by atoms with Gasteiger partial charge in [0.25, 0.3) is 0 Å². The summed E-state index contributed by atoms with van der Waals surface area (Å²) in [5.41, 5.74) is 13.7. The predicted octanol–water partition coefficient (Wildman–Crippen LogP) is 12.3. The van der Waals surface area contributed by atoms with Gasteiger partial charge in [-0.3, -0.25) is 4.57 Å². The van der Waals surface area contributed by atoms with Crippen LogP contribution in [0.5, 0.6) is 0 Å². The molecule has 8 aromatic rings. The Balaban J connectivity index is 1.21. The Kier molecular flexibility index (Phi) is 7.44. The molecule has 0 radical (unpaired) electrons.